The number of nitrogens with one attached hydrogen (secondary N) is 1. The van der Waals surface area contributed by atoms with Gasteiger partial charge >= 0.3 is 5.97 Å². The van der Waals surface area contributed by atoms with E-state index in [1.54, 1.807) is 12.1 Å². The SMILES string of the molecule is CCC(CC)(CNCc1ccc(C#N)cc1F)C(=O)O. The standard InChI is InChI=1S/C15H19FN2O2/c1-3-15(4-2,14(19)20)10-18-9-12-6-5-11(8-17)7-13(12)16/h5-7,18H,3-4,9-10H2,1-2H3,(H,19,20). The van der Waals surface area contributed by atoms with Gasteiger partial charge in [-0.15, -0.1) is 0 Å². The van der Waals surface area contributed by atoms with E-state index < -0.39 is 17.2 Å². The van der Waals surface area contributed by atoms with Crippen LogP contribution in [0.5, 0.6) is 0 Å². The van der Waals surface area contributed by atoms with Gasteiger partial charge in [0.1, 0.15) is 5.82 Å². The van der Waals surface area contributed by atoms with E-state index in [-0.39, 0.29) is 18.7 Å². The Morgan fingerprint density at radius 1 is 1.45 bits per heavy atom. The molecule has 0 saturated heterocycles. The predicted molar refractivity (Wildman–Crippen MR) is 73.5 cm³/mol. The monoisotopic (exact) mass is 278 g/mol. The van der Waals surface area contributed by atoms with Gasteiger partial charge in [0.25, 0.3) is 0 Å². The third-order valence-electron chi connectivity index (χ3n) is 3.77. The molecule has 0 aliphatic heterocycles. The van der Waals surface area contributed by atoms with Crippen LogP contribution in [0.2, 0.25) is 0 Å². The minimum Gasteiger partial charge on any atom is -0.481 e. The molecular formula is C15H19FN2O2. The maximum atomic E-state index is 13.7. The van der Waals surface area contributed by atoms with Gasteiger partial charge in [-0.2, -0.15) is 5.26 Å². The van der Waals surface area contributed by atoms with E-state index in [2.05, 4.69) is 5.32 Å². The smallest absolute Gasteiger partial charge is 0.310 e. The summed E-state index contributed by atoms with van der Waals surface area (Å²) in [4.78, 5) is 11.3. The molecule has 2 N–H and O–H groups in total. The Morgan fingerprint density at radius 2 is 2.10 bits per heavy atom. The molecular weight excluding hydrogens is 259 g/mol. The molecule has 0 aromatic heterocycles. The number of halogens is 1. The van der Waals surface area contributed by atoms with E-state index >= 15 is 0 Å². The molecule has 0 aliphatic carbocycles. The van der Waals surface area contributed by atoms with Crippen LogP contribution < -0.4 is 5.32 Å². The summed E-state index contributed by atoms with van der Waals surface area (Å²) >= 11 is 0. The summed E-state index contributed by atoms with van der Waals surface area (Å²) in [7, 11) is 0. The van der Waals surface area contributed by atoms with Crippen molar-refractivity contribution < 1.29 is 14.3 Å². The molecule has 4 nitrogen and oxygen atoms in total. The van der Waals surface area contributed by atoms with Crippen molar-refractivity contribution in [1.82, 2.24) is 5.32 Å². The van der Waals surface area contributed by atoms with Crippen molar-refractivity contribution >= 4 is 5.97 Å². The lowest BCUT2D eigenvalue weighted by atomic mass is 9.82. The molecule has 0 unspecified atom stereocenters. The van der Waals surface area contributed by atoms with Crippen molar-refractivity contribution in [3.8, 4) is 6.07 Å². The molecule has 0 fully saturated rings. The summed E-state index contributed by atoms with van der Waals surface area (Å²) in [5, 5.41) is 21.0. The number of carboxylic acid groups (broad SMARTS) is 1. The highest BCUT2D eigenvalue weighted by molar-refractivity contribution is 5.74. The van der Waals surface area contributed by atoms with Gasteiger partial charge in [0.15, 0.2) is 0 Å². The number of aliphatic carboxylic acids is 1. The topological polar surface area (TPSA) is 73.1 Å². The van der Waals surface area contributed by atoms with Crippen LogP contribution in [0.3, 0.4) is 0 Å². The van der Waals surface area contributed by atoms with Gasteiger partial charge in [0, 0.05) is 18.7 Å². The van der Waals surface area contributed by atoms with E-state index in [1.807, 2.05) is 19.9 Å². The lowest BCUT2D eigenvalue weighted by Crippen LogP contribution is -2.40. The maximum Gasteiger partial charge on any atom is 0.310 e. The summed E-state index contributed by atoms with van der Waals surface area (Å²) in [5.74, 6) is -1.29. The molecule has 0 saturated carbocycles. The predicted octanol–water partition coefficient (Wildman–Crippen LogP) is 2.68. The van der Waals surface area contributed by atoms with Crippen LogP contribution in [0, 0.1) is 22.6 Å². The summed E-state index contributed by atoms with van der Waals surface area (Å²) < 4.78 is 13.7. The fraction of sp³-hybridized carbons (Fsp3) is 0.467. The summed E-state index contributed by atoms with van der Waals surface area (Å²) in [6.45, 7) is 4.20. The highest BCUT2D eigenvalue weighted by atomic mass is 19.1. The number of nitriles is 1. The van der Waals surface area contributed by atoms with Crippen LogP contribution >= 0.6 is 0 Å². The molecule has 0 atom stereocenters. The largest absolute Gasteiger partial charge is 0.481 e. The van der Waals surface area contributed by atoms with Crippen LogP contribution in [-0.2, 0) is 11.3 Å². The second-order valence-corrected chi connectivity index (χ2v) is 4.81. The van der Waals surface area contributed by atoms with Crippen molar-refractivity contribution in [3.63, 3.8) is 0 Å². The molecule has 0 heterocycles. The van der Waals surface area contributed by atoms with Crippen molar-refractivity contribution in [1.29, 1.82) is 5.26 Å². The van der Waals surface area contributed by atoms with E-state index in [9.17, 15) is 14.3 Å². The first-order valence-electron chi connectivity index (χ1n) is 6.61. The van der Waals surface area contributed by atoms with Crippen molar-refractivity contribution in [2.45, 2.75) is 33.2 Å². The molecule has 108 valence electrons. The third-order valence-corrected chi connectivity index (χ3v) is 3.77. The molecule has 0 aliphatic rings. The van der Waals surface area contributed by atoms with E-state index in [0.29, 0.717) is 18.4 Å². The van der Waals surface area contributed by atoms with Crippen LogP contribution in [-0.4, -0.2) is 17.6 Å². The zero-order chi connectivity index (χ0) is 15.2. The number of benzene rings is 1. The summed E-state index contributed by atoms with van der Waals surface area (Å²) in [5.41, 5.74) is -0.118. The highest BCUT2D eigenvalue weighted by Crippen LogP contribution is 2.25. The van der Waals surface area contributed by atoms with Gasteiger partial charge in [0.2, 0.25) is 0 Å². The lowest BCUT2D eigenvalue weighted by molar-refractivity contribution is -0.149. The molecule has 0 spiro atoms. The van der Waals surface area contributed by atoms with Gasteiger partial charge in [-0.3, -0.25) is 4.79 Å². The molecule has 20 heavy (non-hydrogen) atoms. The number of rotatable bonds is 7. The fourth-order valence-electron chi connectivity index (χ4n) is 2.07. The van der Waals surface area contributed by atoms with Crippen LogP contribution in [0.4, 0.5) is 4.39 Å². The van der Waals surface area contributed by atoms with Crippen molar-refractivity contribution in [2.75, 3.05) is 6.54 Å². The second kappa shape index (κ2) is 7.01. The number of hydrogen-bond donors (Lipinski definition) is 2. The van der Waals surface area contributed by atoms with E-state index in [1.165, 1.54) is 6.07 Å². The van der Waals surface area contributed by atoms with E-state index in [0.717, 1.165) is 0 Å². The number of nitrogens with zero attached hydrogens (tertiary/aromatic N) is 1. The van der Waals surface area contributed by atoms with E-state index in [4.69, 9.17) is 5.26 Å². The van der Waals surface area contributed by atoms with Crippen molar-refractivity contribution in [3.05, 3.63) is 35.1 Å². The van der Waals surface area contributed by atoms with Crippen LogP contribution in [0.15, 0.2) is 18.2 Å². The molecule has 1 aromatic rings. The van der Waals surface area contributed by atoms with Gasteiger partial charge in [-0.25, -0.2) is 4.39 Å². The zero-order valence-electron chi connectivity index (χ0n) is 11.7. The molecule has 1 rings (SSSR count). The maximum absolute atomic E-state index is 13.7. The first-order valence-corrected chi connectivity index (χ1v) is 6.61. The minimum atomic E-state index is -0.838. The average molecular weight is 278 g/mol. The number of carbonyl (C=O) groups is 1. The quantitative estimate of drug-likeness (QED) is 0.804. The first kappa shape index (κ1) is 16.1. The van der Waals surface area contributed by atoms with Gasteiger partial charge in [0.05, 0.1) is 17.0 Å². The number of carboxylic acids is 1. The Labute approximate surface area is 118 Å². The van der Waals surface area contributed by atoms with Gasteiger partial charge in [-0.1, -0.05) is 19.9 Å². The zero-order valence-corrected chi connectivity index (χ0v) is 11.7. The normalized spacial score (nSPS) is 11.1. The first-order chi connectivity index (χ1) is 9.49. The molecule has 1 aromatic carbocycles. The molecule has 0 bridgehead atoms. The Balaban J connectivity index is 2.69. The highest BCUT2D eigenvalue weighted by Gasteiger charge is 2.34. The van der Waals surface area contributed by atoms with Gasteiger partial charge in [-0.05, 0) is 25.0 Å². The number of hydrogen-bond acceptors (Lipinski definition) is 3. The lowest BCUT2D eigenvalue weighted by Gasteiger charge is -2.27. The summed E-state index contributed by atoms with van der Waals surface area (Å²) in [6.07, 6.45) is 1.03. The van der Waals surface area contributed by atoms with Crippen molar-refractivity contribution in [2.24, 2.45) is 5.41 Å². The minimum absolute atomic E-state index is 0.243. The van der Waals surface area contributed by atoms with Gasteiger partial charge < -0.3 is 10.4 Å². The Morgan fingerprint density at radius 3 is 2.55 bits per heavy atom. The fourth-order valence-corrected chi connectivity index (χ4v) is 2.07. The Kier molecular flexibility index (Phi) is 5.66. The molecule has 0 amide bonds. The molecule has 5 heteroatoms. The summed E-state index contributed by atoms with van der Waals surface area (Å²) in [6, 6.07) is 6.14. The Bertz CT molecular complexity index is 519. The average Bonchev–Trinajstić information content (AvgIpc) is 2.45. The Hall–Kier alpha value is -1.93. The van der Waals surface area contributed by atoms with Crippen LogP contribution in [0.1, 0.15) is 37.8 Å². The molecule has 0 radical (unpaired) electrons. The van der Waals surface area contributed by atoms with Crippen LogP contribution in [0.25, 0.3) is 0 Å². The second-order valence-electron chi connectivity index (χ2n) is 4.81. The third kappa shape index (κ3) is 3.55.